The van der Waals surface area contributed by atoms with Crippen molar-refractivity contribution in [3.63, 3.8) is 0 Å². The Morgan fingerprint density at radius 1 is 1.33 bits per heavy atom. The Morgan fingerprint density at radius 3 is 2.81 bits per heavy atom. The summed E-state index contributed by atoms with van der Waals surface area (Å²) in [5.74, 6) is -0.0690. The number of rotatable bonds is 4. The van der Waals surface area contributed by atoms with E-state index in [0.717, 1.165) is 37.2 Å². The number of thiophene rings is 1. The molecule has 4 rings (SSSR count). The van der Waals surface area contributed by atoms with Crippen LogP contribution in [0.3, 0.4) is 0 Å². The van der Waals surface area contributed by atoms with Crippen molar-refractivity contribution in [2.75, 3.05) is 13.1 Å². The molecule has 2 N–H and O–H groups in total. The van der Waals surface area contributed by atoms with Crippen LogP contribution in [0.15, 0.2) is 17.5 Å². The highest BCUT2D eigenvalue weighted by Crippen LogP contribution is 2.36. The number of nitrogens with zero attached hydrogens (tertiary/aromatic N) is 2. The van der Waals surface area contributed by atoms with Crippen LogP contribution in [0, 0.1) is 5.92 Å². The average molecular weight is 391 g/mol. The van der Waals surface area contributed by atoms with Crippen LogP contribution in [0.2, 0.25) is 0 Å². The van der Waals surface area contributed by atoms with Gasteiger partial charge in [-0.1, -0.05) is 13.0 Å². The minimum atomic E-state index is -0.829. The quantitative estimate of drug-likeness (QED) is 0.774. The summed E-state index contributed by atoms with van der Waals surface area (Å²) in [6.07, 6.45) is 5.15. The van der Waals surface area contributed by atoms with Crippen LogP contribution in [0.1, 0.15) is 56.4 Å². The minimum absolute atomic E-state index is 0.184. The molecule has 1 aliphatic carbocycles. The van der Waals surface area contributed by atoms with Gasteiger partial charge in [0.2, 0.25) is 0 Å². The van der Waals surface area contributed by atoms with Crippen molar-refractivity contribution in [1.29, 1.82) is 0 Å². The number of likely N-dealkylation sites (tertiary alicyclic amines) is 1. The fourth-order valence-electron chi connectivity index (χ4n) is 4.48. The Labute approximate surface area is 163 Å². The maximum Gasteiger partial charge on any atom is 0.344 e. The van der Waals surface area contributed by atoms with Crippen LogP contribution in [0.25, 0.3) is 0 Å². The van der Waals surface area contributed by atoms with Gasteiger partial charge in [0, 0.05) is 10.9 Å². The van der Waals surface area contributed by atoms with Crippen molar-refractivity contribution >= 4 is 29.2 Å². The highest BCUT2D eigenvalue weighted by molar-refractivity contribution is 7.10. The number of urea groups is 1. The summed E-state index contributed by atoms with van der Waals surface area (Å²) in [4.78, 5) is 41.1. The molecule has 0 bridgehead atoms. The molecule has 0 radical (unpaired) electrons. The van der Waals surface area contributed by atoms with Gasteiger partial charge >= 0.3 is 6.03 Å². The molecule has 1 saturated carbocycles. The van der Waals surface area contributed by atoms with Gasteiger partial charge in [0.05, 0.1) is 6.54 Å². The van der Waals surface area contributed by atoms with Crippen LogP contribution >= 0.6 is 11.3 Å². The van der Waals surface area contributed by atoms with Crippen LogP contribution in [0.4, 0.5) is 4.79 Å². The number of hydrogen-bond donors (Lipinski definition) is 2. The number of hydrazine groups is 1. The van der Waals surface area contributed by atoms with E-state index in [1.54, 1.807) is 11.3 Å². The first kappa shape index (κ1) is 18.4. The fraction of sp³-hybridized carbons (Fsp3) is 0.632. The van der Waals surface area contributed by atoms with Gasteiger partial charge < -0.3 is 5.32 Å². The predicted octanol–water partition coefficient (Wildman–Crippen LogP) is 2.42. The Bertz CT molecular complexity index is 727. The summed E-state index contributed by atoms with van der Waals surface area (Å²) >= 11 is 1.70. The molecule has 4 amide bonds. The normalized spacial score (nSPS) is 31.5. The molecule has 1 atom stereocenters. The maximum atomic E-state index is 12.8. The lowest BCUT2D eigenvalue weighted by molar-refractivity contribution is -0.140. The SMILES string of the molecule is CC1CCC2(CC1)NC(=O)N(NC(=O)CN1CCCC1c1cccs1)C2=O. The van der Waals surface area contributed by atoms with Gasteiger partial charge in [0.25, 0.3) is 11.8 Å². The van der Waals surface area contributed by atoms with Crippen molar-refractivity contribution in [2.24, 2.45) is 5.92 Å². The number of carbonyl (C=O) groups is 3. The lowest BCUT2D eigenvalue weighted by Crippen LogP contribution is -2.52. The zero-order valence-electron chi connectivity index (χ0n) is 15.6. The summed E-state index contributed by atoms with van der Waals surface area (Å²) in [5.41, 5.74) is 1.72. The summed E-state index contributed by atoms with van der Waals surface area (Å²) in [7, 11) is 0. The molecule has 3 fully saturated rings. The number of nitrogens with one attached hydrogen (secondary N) is 2. The summed E-state index contributed by atoms with van der Waals surface area (Å²) < 4.78 is 0. The molecule has 1 aromatic heterocycles. The second-order valence-electron chi connectivity index (χ2n) is 8.01. The molecular weight excluding hydrogens is 364 g/mol. The number of hydrogen-bond acceptors (Lipinski definition) is 5. The number of carbonyl (C=O) groups excluding carboxylic acids is 3. The van der Waals surface area contributed by atoms with E-state index in [9.17, 15) is 14.4 Å². The zero-order chi connectivity index (χ0) is 19.0. The number of amides is 4. The van der Waals surface area contributed by atoms with Gasteiger partial charge in [0.1, 0.15) is 5.54 Å². The molecule has 2 aliphatic heterocycles. The molecular formula is C19H26N4O3S. The predicted molar refractivity (Wildman–Crippen MR) is 102 cm³/mol. The van der Waals surface area contributed by atoms with E-state index in [1.165, 1.54) is 4.88 Å². The molecule has 146 valence electrons. The molecule has 0 aromatic carbocycles. The lowest BCUT2D eigenvalue weighted by Gasteiger charge is -2.33. The van der Waals surface area contributed by atoms with Gasteiger partial charge in [0.15, 0.2) is 0 Å². The first-order valence-corrected chi connectivity index (χ1v) is 10.6. The molecule has 7 nitrogen and oxygen atoms in total. The average Bonchev–Trinajstić information content (AvgIpc) is 3.36. The summed E-state index contributed by atoms with van der Waals surface area (Å²) in [6, 6.07) is 3.84. The van der Waals surface area contributed by atoms with E-state index in [4.69, 9.17) is 0 Å². The standard InChI is InChI=1S/C19H26N4O3S/c1-13-6-8-19(9-7-13)17(25)23(18(26)20-19)21-16(24)12-22-10-2-4-14(22)15-5-3-11-27-15/h3,5,11,13-14H,2,4,6-10,12H2,1H3,(H,20,26)(H,21,24). The number of imide groups is 1. The Hall–Kier alpha value is -1.93. The monoisotopic (exact) mass is 390 g/mol. The van der Waals surface area contributed by atoms with Crippen LogP contribution in [-0.2, 0) is 9.59 Å². The van der Waals surface area contributed by atoms with Gasteiger partial charge in [-0.25, -0.2) is 4.79 Å². The molecule has 1 unspecified atom stereocenters. The van der Waals surface area contributed by atoms with E-state index < -0.39 is 11.6 Å². The van der Waals surface area contributed by atoms with Crippen molar-refractivity contribution < 1.29 is 14.4 Å². The largest absolute Gasteiger partial charge is 0.344 e. The fourth-order valence-corrected chi connectivity index (χ4v) is 5.37. The first-order valence-electron chi connectivity index (χ1n) is 9.72. The van der Waals surface area contributed by atoms with Gasteiger partial charge in [-0.15, -0.1) is 11.3 Å². The molecule has 8 heteroatoms. The topological polar surface area (TPSA) is 81.8 Å². The summed E-state index contributed by atoms with van der Waals surface area (Å²) in [6.45, 7) is 3.19. The molecule has 1 spiro atoms. The van der Waals surface area contributed by atoms with Gasteiger partial charge in [-0.3, -0.25) is 19.9 Å². The second-order valence-corrected chi connectivity index (χ2v) is 8.99. The molecule has 1 aromatic rings. The molecule has 2 saturated heterocycles. The molecule has 27 heavy (non-hydrogen) atoms. The zero-order valence-corrected chi connectivity index (χ0v) is 16.4. The van der Waals surface area contributed by atoms with E-state index >= 15 is 0 Å². The van der Waals surface area contributed by atoms with Crippen molar-refractivity contribution in [1.82, 2.24) is 20.7 Å². The minimum Gasteiger partial charge on any atom is -0.322 e. The Morgan fingerprint density at radius 2 is 2.11 bits per heavy atom. The van der Waals surface area contributed by atoms with Crippen LogP contribution in [0.5, 0.6) is 0 Å². The lowest BCUT2D eigenvalue weighted by atomic mass is 9.77. The first-order chi connectivity index (χ1) is 13.0. The van der Waals surface area contributed by atoms with Crippen molar-refractivity contribution in [3.05, 3.63) is 22.4 Å². The van der Waals surface area contributed by atoms with E-state index in [2.05, 4.69) is 28.6 Å². The van der Waals surface area contributed by atoms with E-state index in [-0.39, 0.29) is 24.4 Å². The van der Waals surface area contributed by atoms with Crippen molar-refractivity contribution in [3.8, 4) is 0 Å². The third kappa shape index (κ3) is 3.48. The third-order valence-electron chi connectivity index (χ3n) is 6.11. The Balaban J connectivity index is 1.38. The van der Waals surface area contributed by atoms with Crippen LogP contribution < -0.4 is 10.7 Å². The third-order valence-corrected chi connectivity index (χ3v) is 7.08. The Kier molecular flexibility index (Phi) is 4.94. The highest BCUT2D eigenvalue weighted by Gasteiger charge is 2.53. The second kappa shape index (κ2) is 7.24. The maximum absolute atomic E-state index is 12.8. The molecule has 3 heterocycles. The highest BCUT2D eigenvalue weighted by atomic mass is 32.1. The van der Waals surface area contributed by atoms with Crippen LogP contribution in [-0.4, -0.2) is 46.4 Å². The van der Waals surface area contributed by atoms with E-state index in [1.807, 2.05) is 11.4 Å². The van der Waals surface area contributed by atoms with Gasteiger partial charge in [-0.05, 0) is 62.4 Å². The summed E-state index contributed by atoms with van der Waals surface area (Å²) in [5, 5.41) is 5.77. The van der Waals surface area contributed by atoms with Gasteiger partial charge in [-0.2, -0.15) is 5.01 Å². The van der Waals surface area contributed by atoms with E-state index in [0.29, 0.717) is 18.8 Å². The molecule has 3 aliphatic rings. The smallest absolute Gasteiger partial charge is 0.322 e. The van der Waals surface area contributed by atoms with Crippen molar-refractivity contribution in [2.45, 2.75) is 57.0 Å².